The van der Waals surface area contributed by atoms with Gasteiger partial charge in [-0.3, -0.25) is 4.79 Å². The zero-order chi connectivity index (χ0) is 11.0. The largest absolute Gasteiger partial charge is 0.359 e. The molecule has 0 fully saturated rings. The smallest absolute Gasteiger partial charge is 0.220 e. The minimum absolute atomic E-state index is 0.0537. The molecule has 0 aliphatic carbocycles. The van der Waals surface area contributed by atoms with E-state index in [1.807, 2.05) is 31.7 Å². The summed E-state index contributed by atoms with van der Waals surface area (Å²) in [5.41, 5.74) is 0. The van der Waals surface area contributed by atoms with Crippen molar-refractivity contribution in [2.45, 2.75) is 26.7 Å². The average molecular weight is 197 g/mol. The van der Waals surface area contributed by atoms with Gasteiger partial charge in [0.1, 0.15) is 5.82 Å². The Morgan fingerprint density at radius 1 is 1.57 bits per heavy atom. The fourth-order valence-electron chi connectivity index (χ4n) is 0.988. The number of hydrogen-bond acceptors (Lipinski definition) is 2. The van der Waals surface area contributed by atoms with E-state index < -0.39 is 0 Å². The fourth-order valence-corrected chi connectivity index (χ4v) is 0.988. The standard InChI is InChI=1S/C8H13N3O.C2H6/c1-9-8(12)4-3-7-10-5-6-11(7)2;1-2/h5-6H,3-4H2,1-2H3,(H,9,12);1-2H3. The van der Waals surface area contributed by atoms with Gasteiger partial charge in [0.25, 0.3) is 0 Å². The zero-order valence-electron chi connectivity index (χ0n) is 9.37. The molecule has 0 radical (unpaired) electrons. The van der Waals surface area contributed by atoms with Gasteiger partial charge in [0.15, 0.2) is 0 Å². The van der Waals surface area contributed by atoms with Crippen molar-refractivity contribution in [3.05, 3.63) is 18.2 Å². The van der Waals surface area contributed by atoms with E-state index in [0.29, 0.717) is 12.8 Å². The van der Waals surface area contributed by atoms with Crippen LogP contribution in [0.4, 0.5) is 0 Å². The Labute approximate surface area is 85.3 Å². The molecule has 0 aromatic carbocycles. The number of carbonyl (C=O) groups excluding carboxylic acids is 1. The second-order valence-electron chi connectivity index (χ2n) is 2.63. The molecule has 4 heteroatoms. The van der Waals surface area contributed by atoms with Gasteiger partial charge >= 0.3 is 0 Å². The summed E-state index contributed by atoms with van der Waals surface area (Å²) in [7, 11) is 3.56. The van der Waals surface area contributed by atoms with Gasteiger partial charge in [-0.25, -0.2) is 4.98 Å². The van der Waals surface area contributed by atoms with Crippen molar-refractivity contribution in [1.29, 1.82) is 0 Å². The molecule has 1 heterocycles. The SMILES string of the molecule is CC.CNC(=O)CCc1nccn1C. The lowest BCUT2D eigenvalue weighted by Crippen LogP contribution is -2.18. The van der Waals surface area contributed by atoms with E-state index in [4.69, 9.17) is 0 Å². The summed E-state index contributed by atoms with van der Waals surface area (Å²) < 4.78 is 1.92. The predicted octanol–water partition coefficient (Wildman–Crippen LogP) is 1.12. The van der Waals surface area contributed by atoms with Gasteiger partial charge < -0.3 is 9.88 Å². The molecule has 0 saturated carbocycles. The molecule has 0 spiro atoms. The van der Waals surface area contributed by atoms with Crippen molar-refractivity contribution >= 4 is 5.91 Å². The number of aryl methyl sites for hydroxylation is 2. The highest BCUT2D eigenvalue weighted by atomic mass is 16.1. The maximum absolute atomic E-state index is 10.9. The highest BCUT2D eigenvalue weighted by Crippen LogP contribution is 1.98. The predicted molar refractivity (Wildman–Crippen MR) is 56.9 cm³/mol. The van der Waals surface area contributed by atoms with Crippen LogP contribution in [0.3, 0.4) is 0 Å². The topological polar surface area (TPSA) is 46.9 Å². The second kappa shape index (κ2) is 7.12. The van der Waals surface area contributed by atoms with E-state index >= 15 is 0 Å². The molecule has 1 amide bonds. The highest BCUT2D eigenvalue weighted by Gasteiger charge is 2.02. The second-order valence-corrected chi connectivity index (χ2v) is 2.63. The van der Waals surface area contributed by atoms with Crippen LogP contribution in [-0.2, 0) is 18.3 Å². The third kappa shape index (κ3) is 4.07. The first kappa shape index (κ1) is 12.7. The van der Waals surface area contributed by atoms with E-state index in [2.05, 4.69) is 10.3 Å². The summed E-state index contributed by atoms with van der Waals surface area (Å²) in [4.78, 5) is 15.0. The van der Waals surface area contributed by atoms with Gasteiger partial charge in [0, 0.05) is 39.3 Å². The first-order valence-corrected chi connectivity index (χ1v) is 4.91. The van der Waals surface area contributed by atoms with E-state index in [-0.39, 0.29) is 5.91 Å². The van der Waals surface area contributed by atoms with Gasteiger partial charge in [0.05, 0.1) is 0 Å². The number of nitrogens with one attached hydrogen (secondary N) is 1. The summed E-state index contributed by atoms with van der Waals surface area (Å²) >= 11 is 0. The summed E-state index contributed by atoms with van der Waals surface area (Å²) in [6, 6.07) is 0. The van der Waals surface area contributed by atoms with E-state index in [9.17, 15) is 4.79 Å². The molecule has 80 valence electrons. The zero-order valence-corrected chi connectivity index (χ0v) is 9.37. The number of imidazole rings is 1. The van der Waals surface area contributed by atoms with Crippen LogP contribution in [0.25, 0.3) is 0 Å². The summed E-state index contributed by atoms with van der Waals surface area (Å²) in [5, 5.41) is 2.57. The number of aromatic nitrogens is 2. The fraction of sp³-hybridized carbons (Fsp3) is 0.600. The molecule has 0 aliphatic heterocycles. The quantitative estimate of drug-likeness (QED) is 0.789. The van der Waals surface area contributed by atoms with Crippen LogP contribution in [0, 0.1) is 0 Å². The average Bonchev–Trinajstić information content (AvgIpc) is 2.63. The molecule has 1 N–H and O–H groups in total. The molecular formula is C10H19N3O. The maximum Gasteiger partial charge on any atom is 0.220 e. The Morgan fingerprint density at radius 2 is 2.21 bits per heavy atom. The van der Waals surface area contributed by atoms with Crippen LogP contribution < -0.4 is 5.32 Å². The van der Waals surface area contributed by atoms with Gasteiger partial charge in [-0.1, -0.05) is 13.8 Å². The third-order valence-corrected chi connectivity index (χ3v) is 1.78. The molecule has 14 heavy (non-hydrogen) atoms. The van der Waals surface area contributed by atoms with Crippen molar-refractivity contribution in [3.63, 3.8) is 0 Å². The minimum Gasteiger partial charge on any atom is -0.359 e. The van der Waals surface area contributed by atoms with Crippen LogP contribution in [0.5, 0.6) is 0 Å². The molecule has 0 aliphatic rings. The number of rotatable bonds is 3. The van der Waals surface area contributed by atoms with Crippen LogP contribution in [0.2, 0.25) is 0 Å². The Bertz CT molecular complexity index is 268. The van der Waals surface area contributed by atoms with Crippen molar-refractivity contribution < 1.29 is 4.79 Å². The summed E-state index contributed by atoms with van der Waals surface area (Å²) in [5.74, 6) is 0.997. The lowest BCUT2D eigenvalue weighted by molar-refractivity contribution is -0.120. The first-order valence-electron chi connectivity index (χ1n) is 4.91. The van der Waals surface area contributed by atoms with Crippen molar-refractivity contribution in [2.24, 2.45) is 7.05 Å². The van der Waals surface area contributed by atoms with Crippen LogP contribution in [-0.4, -0.2) is 22.5 Å². The minimum atomic E-state index is 0.0537. The van der Waals surface area contributed by atoms with Crippen molar-refractivity contribution in [2.75, 3.05) is 7.05 Å². The van der Waals surface area contributed by atoms with Crippen LogP contribution in [0.15, 0.2) is 12.4 Å². The van der Waals surface area contributed by atoms with Gasteiger partial charge in [-0.2, -0.15) is 0 Å². The van der Waals surface area contributed by atoms with Gasteiger partial charge in [0.2, 0.25) is 5.91 Å². The molecule has 0 atom stereocenters. The Kier molecular flexibility index (Phi) is 6.45. The van der Waals surface area contributed by atoms with Crippen molar-refractivity contribution in [3.8, 4) is 0 Å². The van der Waals surface area contributed by atoms with Gasteiger partial charge in [-0.05, 0) is 0 Å². The van der Waals surface area contributed by atoms with Crippen LogP contribution >= 0.6 is 0 Å². The molecule has 0 saturated heterocycles. The molecule has 4 nitrogen and oxygen atoms in total. The lowest BCUT2D eigenvalue weighted by Gasteiger charge is -2.00. The monoisotopic (exact) mass is 197 g/mol. The van der Waals surface area contributed by atoms with Gasteiger partial charge in [-0.15, -0.1) is 0 Å². The Morgan fingerprint density at radius 3 is 2.64 bits per heavy atom. The maximum atomic E-state index is 10.9. The number of amides is 1. The Balaban J connectivity index is 0.000000791. The lowest BCUT2D eigenvalue weighted by atomic mass is 10.3. The third-order valence-electron chi connectivity index (χ3n) is 1.78. The molecule has 0 bridgehead atoms. The number of carbonyl (C=O) groups is 1. The van der Waals surface area contributed by atoms with Crippen molar-refractivity contribution in [1.82, 2.24) is 14.9 Å². The summed E-state index contributed by atoms with van der Waals surface area (Å²) in [6.07, 6.45) is 4.81. The highest BCUT2D eigenvalue weighted by molar-refractivity contribution is 5.75. The summed E-state index contributed by atoms with van der Waals surface area (Å²) in [6.45, 7) is 4.00. The molecular weight excluding hydrogens is 178 g/mol. The molecule has 1 aromatic rings. The van der Waals surface area contributed by atoms with E-state index in [1.165, 1.54) is 0 Å². The normalized spacial score (nSPS) is 8.86. The molecule has 0 unspecified atom stereocenters. The van der Waals surface area contributed by atoms with E-state index in [1.54, 1.807) is 13.2 Å². The number of nitrogens with zero attached hydrogens (tertiary/aromatic N) is 2. The van der Waals surface area contributed by atoms with E-state index in [0.717, 1.165) is 5.82 Å². The Hall–Kier alpha value is -1.32. The molecule has 1 rings (SSSR count). The number of hydrogen-bond donors (Lipinski definition) is 1. The molecule has 1 aromatic heterocycles. The van der Waals surface area contributed by atoms with Crippen LogP contribution in [0.1, 0.15) is 26.1 Å². The first-order chi connectivity index (χ1) is 6.74.